The van der Waals surface area contributed by atoms with Gasteiger partial charge in [-0.2, -0.15) is 5.26 Å². The van der Waals surface area contributed by atoms with E-state index in [1.165, 1.54) is 0 Å². The molecule has 116 valence electrons. The normalized spacial score (nSPS) is 27.8. The number of aliphatic hydroxyl groups excluding tert-OH is 1. The number of aliphatic hydroxyl groups is 1. The van der Waals surface area contributed by atoms with E-state index >= 15 is 0 Å². The number of benzene rings is 1. The number of nitrogens with zero attached hydrogens (tertiary/aromatic N) is 3. The van der Waals surface area contributed by atoms with E-state index in [9.17, 15) is 9.90 Å². The van der Waals surface area contributed by atoms with Gasteiger partial charge in [-0.25, -0.2) is 4.79 Å². The van der Waals surface area contributed by atoms with Crippen LogP contribution in [0.5, 0.6) is 0 Å². The number of urea groups is 1. The zero-order valence-electron chi connectivity index (χ0n) is 12.6. The molecule has 5 nitrogen and oxygen atoms in total. The van der Waals surface area contributed by atoms with Crippen molar-refractivity contribution >= 4 is 23.3 Å². The highest BCUT2D eigenvalue weighted by Crippen LogP contribution is 2.38. The summed E-state index contributed by atoms with van der Waals surface area (Å²) in [7, 11) is 0. The summed E-state index contributed by atoms with van der Waals surface area (Å²) in [5, 5.41) is 19.7. The predicted octanol–water partition coefficient (Wildman–Crippen LogP) is 2.67. The van der Waals surface area contributed by atoms with Gasteiger partial charge in [-0.3, -0.25) is 4.90 Å². The fourth-order valence-corrected chi connectivity index (χ4v) is 3.82. The molecule has 2 aliphatic heterocycles. The van der Waals surface area contributed by atoms with Crippen LogP contribution in [0.3, 0.4) is 0 Å². The number of carbonyl (C=O) groups excluding carboxylic acids is 1. The average molecular weight is 320 g/mol. The van der Waals surface area contributed by atoms with Gasteiger partial charge in [-0.05, 0) is 44.4 Å². The van der Waals surface area contributed by atoms with Crippen LogP contribution in [-0.4, -0.2) is 40.8 Å². The van der Waals surface area contributed by atoms with Gasteiger partial charge in [-0.15, -0.1) is 0 Å². The second-order valence-corrected chi connectivity index (χ2v) is 6.35. The van der Waals surface area contributed by atoms with Crippen molar-refractivity contribution in [3.05, 3.63) is 28.3 Å². The number of anilines is 1. The Morgan fingerprint density at radius 3 is 2.82 bits per heavy atom. The Balaban J connectivity index is 2.04. The molecule has 1 aromatic rings. The van der Waals surface area contributed by atoms with Crippen LogP contribution in [-0.2, 0) is 0 Å². The lowest BCUT2D eigenvalue weighted by Gasteiger charge is -2.34. The summed E-state index contributed by atoms with van der Waals surface area (Å²) in [6.07, 6.45) is 1.04. The smallest absolute Gasteiger partial charge is 0.325 e. The zero-order valence-corrected chi connectivity index (χ0v) is 13.3. The maximum atomic E-state index is 12.7. The number of halogens is 1. The van der Waals surface area contributed by atoms with Crippen LogP contribution in [0.1, 0.15) is 30.9 Å². The van der Waals surface area contributed by atoms with E-state index in [4.69, 9.17) is 16.9 Å². The fraction of sp³-hybridized carbons (Fsp3) is 0.500. The lowest BCUT2D eigenvalue weighted by atomic mass is 9.95. The molecule has 2 heterocycles. The highest BCUT2D eigenvalue weighted by atomic mass is 35.5. The van der Waals surface area contributed by atoms with Crippen molar-refractivity contribution in [3.63, 3.8) is 0 Å². The minimum Gasteiger partial charge on any atom is -0.391 e. The highest BCUT2D eigenvalue weighted by molar-refractivity contribution is 6.33. The molecule has 3 atom stereocenters. The summed E-state index contributed by atoms with van der Waals surface area (Å²) in [4.78, 5) is 16.2. The molecule has 1 aromatic carbocycles. The lowest BCUT2D eigenvalue weighted by molar-refractivity contribution is 0.0418. The van der Waals surface area contributed by atoms with E-state index in [1.54, 1.807) is 21.9 Å². The SMILES string of the molecule is Cc1c(N2C(=O)N3CCC[C@H](O)[C@@H]3[C@@H]2C)ccc(C#N)c1Cl. The van der Waals surface area contributed by atoms with Crippen molar-refractivity contribution in [3.8, 4) is 6.07 Å². The van der Waals surface area contributed by atoms with Gasteiger partial charge in [0.1, 0.15) is 6.07 Å². The molecule has 2 aliphatic rings. The Morgan fingerprint density at radius 2 is 2.18 bits per heavy atom. The Labute approximate surface area is 134 Å². The Hall–Kier alpha value is -1.77. The van der Waals surface area contributed by atoms with E-state index in [0.717, 1.165) is 18.4 Å². The number of rotatable bonds is 1. The molecule has 6 heteroatoms. The maximum absolute atomic E-state index is 12.7. The fourth-order valence-electron chi connectivity index (χ4n) is 3.61. The van der Waals surface area contributed by atoms with Gasteiger partial charge in [0.15, 0.2) is 0 Å². The quantitative estimate of drug-likeness (QED) is 0.865. The van der Waals surface area contributed by atoms with E-state index in [0.29, 0.717) is 22.8 Å². The van der Waals surface area contributed by atoms with Crippen molar-refractivity contribution in [2.75, 3.05) is 11.4 Å². The minimum absolute atomic E-state index is 0.0971. The molecule has 2 saturated heterocycles. The highest BCUT2D eigenvalue weighted by Gasteiger charge is 2.49. The number of hydrogen-bond donors (Lipinski definition) is 1. The largest absolute Gasteiger partial charge is 0.391 e. The first-order valence-electron chi connectivity index (χ1n) is 7.44. The van der Waals surface area contributed by atoms with Crippen LogP contribution in [0.2, 0.25) is 5.02 Å². The molecule has 1 N–H and O–H groups in total. The summed E-state index contributed by atoms with van der Waals surface area (Å²) in [6, 6.07) is 5.03. The third-order valence-electron chi connectivity index (χ3n) is 4.74. The molecular weight excluding hydrogens is 302 g/mol. The molecule has 2 amide bonds. The number of carbonyl (C=O) groups is 1. The first kappa shape index (κ1) is 15.1. The molecule has 2 fully saturated rings. The van der Waals surface area contributed by atoms with Gasteiger partial charge in [0.25, 0.3) is 0 Å². The van der Waals surface area contributed by atoms with Gasteiger partial charge < -0.3 is 10.0 Å². The van der Waals surface area contributed by atoms with Crippen LogP contribution < -0.4 is 4.90 Å². The van der Waals surface area contributed by atoms with Crippen LogP contribution in [0.15, 0.2) is 12.1 Å². The average Bonchev–Trinajstić information content (AvgIpc) is 2.75. The van der Waals surface area contributed by atoms with Crippen molar-refractivity contribution in [1.82, 2.24) is 4.90 Å². The van der Waals surface area contributed by atoms with Crippen LogP contribution >= 0.6 is 11.6 Å². The number of piperidine rings is 1. The lowest BCUT2D eigenvalue weighted by Crippen LogP contribution is -2.48. The van der Waals surface area contributed by atoms with Gasteiger partial charge >= 0.3 is 6.03 Å². The van der Waals surface area contributed by atoms with E-state index in [1.807, 2.05) is 19.9 Å². The van der Waals surface area contributed by atoms with Crippen LogP contribution in [0.4, 0.5) is 10.5 Å². The summed E-state index contributed by atoms with van der Waals surface area (Å²) in [6.45, 7) is 4.43. The van der Waals surface area contributed by atoms with E-state index < -0.39 is 6.10 Å². The minimum atomic E-state index is -0.494. The third-order valence-corrected chi connectivity index (χ3v) is 5.23. The van der Waals surface area contributed by atoms with Crippen molar-refractivity contribution in [2.24, 2.45) is 0 Å². The van der Waals surface area contributed by atoms with Crippen LogP contribution in [0.25, 0.3) is 0 Å². The molecule has 0 aliphatic carbocycles. The molecule has 0 spiro atoms. The molecule has 22 heavy (non-hydrogen) atoms. The monoisotopic (exact) mass is 319 g/mol. The molecule has 0 unspecified atom stereocenters. The number of nitriles is 1. The summed E-state index contributed by atoms with van der Waals surface area (Å²) < 4.78 is 0. The number of hydrogen-bond acceptors (Lipinski definition) is 3. The second-order valence-electron chi connectivity index (χ2n) is 5.97. The molecular formula is C16H18ClN3O2. The molecule has 3 rings (SSSR count). The van der Waals surface area contributed by atoms with E-state index in [2.05, 4.69) is 0 Å². The van der Waals surface area contributed by atoms with Crippen molar-refractivity contribution < 1.29 is 9.90 Å². The van der Waals surface area contributed by atoms with Gasteiger partial charge in [-0.1, -0.05) is 11.6 Å². The summed E-state index contributed by atoms with van der Waals surface area (Å²) >= 11 is 6.23. The van der Waals surface area contributed by atoms with Crippen LogP contribution in [0, 0.1) is 18.3 Å². The molecule has 0 saturated carbocycles. The standard InChI is InChI=1S/C16H18ClN3O2/c1-9-12(6-5-11(8-18)14(9)17)20-10(2)15-13(21)4-3-7-19(15)16(20)22/h5-6,10,13,15,21H,3-4,7H2,1-2H3/t10-,13-,15-/m0/s1. The van der Waals surface area contributed by atoms with Gasteiger partial charge in [0.05, 0.1) is 34.5 Å². The molecule has 0 radical (unpaired) electrons. The second kappa shape index (κ2) is 5.45. The Bertz CT molecular complexity index is 670. The number of fused-ring (bicyclic) bond motifs is 1. The maximum Gasteiger partial charge on any atom is 0.325 e. The zero-order chi connectivity index (χ0) is 16.0. The van der Waals surface area contributed by atoms with Crippen molar-refractivity contribution in [2.45, 2.75) is 44.9 Å². The number of amides is 2. The predicted molar refractivity (Wildman–Crippen MR) is 84.0 cm³/mol. The van der Waals surface area contributed by atoms with E-state index in [-0.39, 0.29) is 18.1 Å². The van der Waals surface area contributed by atoms with Crippen molar-refractivity contribution in [1.29, 1.82) is 5.26 Å². The first-order chi connectivity index (χ1) is 10.5. The summed E-state index contributed by atoms with van der Waals surface area (Å²) in [5.41, 5.74) is 1.83. The topological polar surface area (TPSA) is 67.6 Å². The third kappa shape index (κ3) is 2.06. The van der Waals surface area contributed by atoms with Gasteiger partial charge in [0, 0.05) is 6.54 Å². The molecule has 0 aromatic heterocycles. The Kier molecular flexibility index (Phi) is 3.75. The van der Waals surface area contributed by atoms with Gasteiger partial charge in [0.2, 0.25) is 0 Å². The summed E-state index contributed by atoms with van der Waals surface area (Å²) in [5.74, 6) is 0. The molecule has 0 bridgehead atoms. The first-order valence-corrected chi connectivity index (χ1v) is 7.82. The Morgan fingerprint density at radius 1 is 1.45 bits per heavy atom.